The minimum Gasteiger partial charge on any atom is -0.607 e. The van der Waals surface area contributed by atoms with E-state index in [1.165, 1.54) is 16.7 Å². The fraction of sp³-hybridized carbons (Fsp3) is 0.837. The summed E-state index contributed by atoms with van der Waals surface area (Å²) in [4.78, 5) is 0. The second kappa shape index (κ2) is 14.0. The van der Waals surface area contributed by atoms with Gasteiger partial charge in [0.05, 0.1) is 22.5 Å². The minimum absolute atomic E-state index is 0.104. The maximum atomic E-state index is 8.42. The van der Waals surface area contributed by atoms with Crippen LogP contribution in [0.4, 0.5) is 0 Å². The van der Waals surface area contributed by atoms with Gasteiger partial charge in [0.2, 0.25) is 8.32 Å². The molecule has 0 aliphatic heterocycles. The van der Waals surface area contributed by atoms with Gasteiger partial charge in [-0.15, -0.1) is 0 Å². The zero-order valence-electron chi connectivity index (χ0n) is 38.4. The lowest BCUT2D eigenvalue weighted by Crippen LogP contribution is -2.81. The van der Waals surface area contributed by atoms with Crippen LogP contribution in [0.1, 0.15) is 183 Å². The molecule has 1 rings (SSSR count). The van der Waals surface area contributed by atoms with Gasteiger partial charge in [0, 0.05) is 0 Å². The molecule has 0 amide bonds. The van der Waals surface area contributed by atoms with E-state index in [1.807, 2.05) is 0 Å². The van der Waals surface area contributed by atoms with Gasteiger partial charge < -0.3 is 4.12 Å². The average Bonchev–Trinajstić information content (AvgIpc) is 2.81. The standard InChI is InChI=1S/C43H87OSi5/c1-36(2,3)34-30-33(31-35(32-34)37(4,5)6)28-29-45(44-47(25,38(7,8)9)39(10,11)12)46(48(26,40(13,14)15)41(16,17)18)49(27,42(19,20)21)43(22,23)24/h29-32H,28H2,1-27H3/b45-29+. The summed E-state index contributed by atoms with van der Waals surface area (Å²) < 4.78 is 8.42. The van der Waals surface area contributed by atoms with Crippen molar-refractivity contribution >= 4 is 44.7 Å². The third kappa shape index (κ3) is 9.38. The summed E-state index contributed by atoms with van der Waals surface area (Å²) >= 11 is 0. The Kier molecular flexibility index (Phi) is 13.4. The Balaban J connectivity index is 4.71. The molecular formula is C43H87OSi5. The maximum Gasteiger partial charge on any atom is 0.240 e. The molecule has 285 valence electrons. The Morgan fingerprint density at radius 1 is 0.469 bits per heavy atom. The van der Waals surface area contributed by atoms with Crippen LogP contribution < -0.4 is 0 Å². The van der Waals surface area contributed by atoms with Crippen molar-refractivity contribution in [2.24, 2.45) is 0 Å². The minimum atomic E-state index is -2.31. The summed E-state index contributed by atoms with van der Waals surface area (Å²) in [5.74, 6) is 0. The fourth-order valence-electron chi connectivity index (χ4n) is 8.48. The Morgan fingerprint density at radius 2 is 0.755 bits per heavy atom. The monoisotopic (exact) mass is 760 g/mol. The molecule has 0 saturated heterocycles. The molecule has 0 aromatic heterocycles. The highest BCUT2D eigenvalue weighted by Crippen LogP contribution is 2.61. The highest BCUT2D eigenvalue weighted by molar-refractivity contribution is 7.79. The van der Waals surface area contributed by atoms with Crippen LogP contribution in [0.15, 0.2) is 18.2 Å². The Morgan fingerprint density at radius 3 is 0.980 bits per heavy atom. The molecule has 1 aromatic carbocycles. The van der Waals surface area contributed by atoms with Crippen LogP contribution in [0.3, 0.4) is 0 Å². The van der Waals surface area contributed by atoms with Crippen molar-refractivity contribution < 1.29 is 4.12 Å². The summed E-state index contributed by atoms with van der Waals surface area (Å²) in [7, 11) is -8.86. The molecule has 0 bridgehead atoms. The second-order valence-corrected chi connectivity index (χ2v) is 59.2. The van der Waals surface area contributed by atoms with Crippen LogP contribution >= 0.6 is 0 Å². The predicted molar refractivity (Wildman–Crippen MR) is 239 cm³/mol. The Hall–Kier alpha value is -0.0256. The summed E-state index contributed by atoms with van der Waals surface area (Å²) in [5, 5.41) is 1.26. The molecule has 0 saturated carbocycles. The van der Waals surface area contributed by atoms with Gasteiger partial charge in [0.1, 0.15) is 0 Å². The smallest absolute Gasteiger partial charge is 0.240 e. The molecule has 0 heterocycles. The Labute approximate surface area is 315 Å². The van der Waals surface area contributed by atoms with Crippen LogP contribution in [0, 0.1) is 0 Å². The SMILES string of the molecule is CC(C)(C)c1cc(C/C=[Si](\O[Si](C)(C(C)(C)C)C(C)(C)C)[Si]([Si](C)(C(C)(C)C)C(C)(C)C)[Si](C)(C(C)(C)C)C(C)(C)C)cc(C(C)(C)C)c1. The van der Waals surface area contributed by atoms with Crippen LogP contribution in [0.5, 0.6) is 0 Å². The maximum absolute atomic E-state index is 8.42. The lowest BCUT2D eigenvalue weighted by Gasteiger charge is -2.64. The molecule has 0 fully saturated rings. The number of rotatable bonds is 7. The van der Waals surface area contributed by atoms with Gasteiger partial charge in [-0.3, -0.25) is 0 Å². The van der Waals surface area contributed by atoms with E-state index >= 15 is 0 Å². The molecule has 0 atom stereocenters. The largest absolute Gasteiger partial charge is 0.607 e. The fourth-order valence-corrected chi connectivity index (χ4v) is 93.9. The summed E-state index contributed by atoms with van der Waals surface area (Å²) in [6, 6.07) is 7.56. The summed E-state index contributed by atoms with van der Waals surface area (Å²) in [6.07, 6.45) is 1.01. The van der Waals surface area contributed by atoms with Crippen molar-refractivity contribution in [1.82, 2.24) is 0 Å². The summed E-state index contributed by atoms with van der Waals surface area (Å²) in [5.41, 5.74) is 7.48. The number of hydrogen-bond donors (Lipinski definition) is 0. The lowest BCUT2D eigenvalue weighted by molar-refractivity contribution is 0.450. The lowest BCUT2D eigenvalue weighted by atomic mass is 9.79. The van der Waals surface area contributed by atoms with Crippen molar-refractivity contribution in [3.05, 3.63) is 34.9 Å². The number of benzene rings is 1. The third-order valence-corrected chi connectivity index (χ3v) is 77.4. The van der Waals surface area contributed by atoms with Crippen LogP contribution in [-0.4, -0.2) is 44.7 Å². The Bertz CT molecular complexity index is 1200. The highest BCUT2D eigenvalue weighted by Gasteiger charge is 2.68. The quantitative estimate of drug-likeness (QED) is 0.252. The van der Waals surface area contributed by atoms with Crippen molar-refractivity contribution in [1.29, 1.82) is 0 Å². The molecular weight excluding hydrogens is 673 g/mol. The molecule has 0 aliphatic rings. The first kappa shape index (κ1) is 47.0. The summed E-state index contributed by atoms with van der Waals surface area (Å²) in [6.45, 7) is 69.1. The first-order valence-corrected chi connectivity index (χ1v) is 32.8. The molecule has 6 heteroatoms. The number of hydrogen-bond acceptors (Lipinski definition) is 1. The van der Waals surface area contributed by atoms with Crippen molar-refractivity contribution in [2.75, 3.05) is 0 Å². The van der Waals surface area contributed by atoms with Gasteiger partial charge in [0.25, 0.3) is 0 Å². The molecule has 0 aliphatic carbocycles. The first-order valence-electron chi connectivity index (χ1n) is 19.4. The van der Waals surface area contributed by atoms with Crippen LogP contribution in [0.25, 0.3) is 0 Å². The van der Waals surface area contributed by atoms with Crippen LogP contribution in [-0.2, 0) is 21.4 Å². The van der Waals surface area contributed by atoms with E-state index in [0.717, 1.165) is 6.42 Å². The van der Waals surface area contributed by atoms with Crippen molar-refractivity contribution in [2.45, 2.75) is 233 Å². The van der Waals surface area contributed by atoms with E-state index in [9.17, 15) is 0 Å². The highest BCUT2D eigenvalue weighted by atomic mass is 29.9. The molecule has 0 spiro atoms. The van der Waals surface area contributed by atoms with Gasteiger partial charge >= 0.3 is 0 Å². The molecule has 0 N–H and O–H groups in total. The zero-order valence-corrected chi connectivity index (χ0v) is 43.4. The van der Waals surface area contributed by atoms with E-state index in [2.05, 4.69) is 210 Å². The normalized spacial score (nSPS) is 16.0. The molecule has 1 nitrogen and oxygen atoms in total. The first-order chi connectivity index (χ1) is 21.0. The third-order valence-electron chi connectivity index (χ3n) is 13.7. The van der Waals surface area contributed by atoms with E-state index in [1.54, 1.807) is 0 Å². The molecule has 1 radical (unpaired) electrons. The molecule has 1 aromatic rings. The predicted octanol–water partition coefficient (Wildman–Crippen LogP) is 14.5. The van der Waals surface area contributed by atoms with Gasteiger partial charge in [-0.05, 0) is 70.7 Å². The van der Waals surface area contributed by atoms with Gasteiger partial charge in [-0.1, -0.05) is 203 Å². The molecule has 0 unspecified atom stereocenters. The average molecular weight is 761 g/mol. The van der Waals surface area contributed by atoms with E-state index in [0.29, 0.717) is 0 Å². The van der Waals surface area contributed by atoms with Gasteiger partial charge in [-0.2, -0.15) is 0 Å². The van der Waals surface area contributed by atoms with Gasteiger partial charge in [-0.25, -0.2) is 0 Å². The van der Waals surface area contributed by atoms with Crippen molar-refractivity contribution in [3.8, 4) is 0 Å². The van der Waals surface area contributed by atoms with E-state index in [4.69, 9.17) is 4.12 Å². The topological polar surface area (TPSA) is 9.23 Å². The second-order valence-electron chi connectivity index (χ2n) is 24.5. The van der Waals surface area contributed by atoms with E-state index < -0.39 is 39.0 Å². The van der Waals surface area contributed by atoms with Gasteiger partial charge in [0.15, 0.2) is 8.17 Å². The van der Waals surface area contributed by atoms with Crippen LogP contribution in [0.2, 0.25) is 49.9 Å². The van der Waals surface area contributed by atoms with E-state index in [-0.39, 0.29) is 41.1 Å². The zero-order chi connectivity index (χ0) is 39.6. The molecule has 49 heavy (non-hydrogen) atoms. The van der Waals surface area contributed by atoms with Crippen molar-refractivity contribution in [3.63, 3.8) is 0 Å².